The zero-order valence-electron chi connectivity index (χ0n) is 11.5. The number of benzene rings is 2. The second-order valence-corrected chi connectivity index (χ2v) is 5.09. The predicted octanol–water partition coefficient (Wildman–Crippen LogP) is 4.67. The number of carbonyl (C=O) groups is 1. The van der Waals surface area contributed by atoms with Gasteiger partial charge in [-0.2, -0.15) is 0 Å². The van der Waals surface area contributed by atoms with Crippen molar-refractivity contribution in [2.75, 3.05) is 0 Å². The Morgan fingerprint density at radius 3 is 2.40 bits per heavy atom. The molecule has 0 saturated carbocycles. The van der Waals surface area contributed by atoms with Crippen molar-refractivity contribution in [3.05, 3.63) is 65.7 Å². The van der Waals surface area contributed by atoms with E-state index in [1.165, 1.54) is 0 Å². The molecule has 0 aromatic heterocycles. The highest BCUT2D eigenvalue weighted by molar-refractivity contribution is 7.80. The van der Waals surface area contributed by atoms with Crippen LogP contribution in [0, 0.1) is 0 Å². The van der Waals surface area contributed by atoms with Crippen LogP contribution in [0.5, 0.6) is 0 Å². The van der Waals surface area contributed by atoms with Crippen LogP contribution in [0.3, 0.4) is 0 Å². The zero-order chi connectivity index (χ0) is 14.4. The van der Waals surface area contributed by atoms with Crippen molar-refractivity contribution in [1.29, 1.82) is 0 Å². The van der Waals surface area contributed by atoms with Gasteiger partial charge in [-0.1, -0.05) is 49.7 Å². The summed E-state index contributed by atoms with van der Waals surface area (Å²) in [6, 6.07) is 16.8. The molecule has 20 heavy (non-hydrogen) atoms. The van der Waals surface area contributed by atoms with Crippen molar-refractivity contribution in [2.45, 2.75) is 30.8 Å². The number of rotatable bonds is 5. The Labute approximate surface area is 125 Å². The van der Waals surface area contributed by atoms with E-state index < -0.39 is 0 Å². The number of thiol groups is 1. The molecule has 0 heterocycles. The lowest BCUT2D eigenvalue weighted by Crippen LogP contribution is -2.12. The van der Waals surface area contributed by atoms with E-state index in [-0.39, 0.29) is 12.1 Å². The fraction of sp³-hybridized carbons (Fsp3) is 0.235. The SMILES string of the molecule is CCCC(OC(=O)c1ccccc1)c1ccccc1S. The van der Waals surface area contributed by atoms with Crippen LogP contribution in [0.15, 0.2) is 59.5 Å². The van der Waals surface area contributed by atoms with Crippen LogP contribution in [0.1, 0.15) is 41.8 Å². The van der Waals surface area contributed by atoms with E-state index in [0.29, 0.717) is 5.56 Å². The van der Waals surface area contributed by atoms with Gasteiger partial charge in [-0.15, -0.1) is 12.6 Å². The Bertz CT molecular complexity index is 566. The Balaban J connectivity index is 2.18. The summed E-state index contributed by atoms with van der Waals surface area (Å²) in [5, 5.41) is 0. The van der Waals surface area contributed by atoms with E-state index in [2.05, 4.69) is 19.6 Å². The number of hydrogen-bond donors (Lipinski definition) is 1. The summed E-state index contributed by atoms with van der Waals surface area (Å²) in [4.78, 5) is 13.0. The van der Waals surface area contributed by atoms with E-state index in [9.17, 15) is 4.79 Å². The maximum Gasteiger partial charge on any atom is 0.338 e. The van der Waals surface area contributed by atoms with Crippen molar-refractivity contribution in [3.63, 3.8) is 0 Å². The van der Waals surface area contributed by atoms with Gasteiger partial charge in [0.25, 0.3) is 0 Å². The number of esters is 1. The monoisotopic (exact) mass is 286 g/mol. The molecule has 0 aliphatic heterocycles. The first-order valence-electron chi connectivity index (χ1n) is 6.76. The van der Waals surface area contributed by atoms with Crippen LogP contribution in [0.4, 0.5) is 0 Å². The number of hydrogen-bond acceptors (Lipinski definition) is 3. The smallest absolute Gasteiger partial charge is 0.338 e. The second-order valence-electron chi connectivity index (χ2n) is 4.61. The Kier molecular flexibility index (Phi) is 5.24. The van der Waals surface area contributed by atoms with Crippen molar-refractivity contribution >= 4 is 18.6 Å². The zero-order valence-corrected chi connectivity index (χ0v) is 12.3. The summed E-state index contributed by atoms with van der Waals surface area (Å²) in [6.45, 7) is 2.07. The molecule has 0 N–H and O–H groups in total. The van der Waals surface area contributed by atoms with E-state index in [4.69, 9.17) is 4.74 Å². The lowest BCUT2D eigenvalue weighted by Gasteiger charge is -2.19. The van der Waals surface area contributed by atoms with Crippen LogP contribution in [0.2, 0.25) is 0 Å². The molecule has 0 aliphatic rings. The average Bonchev–Trinajstić information content (AvgIpc) is 2.48. The van der Waals surface area contributed by atoms with Gasteiger partial charge in [0.1, 0.15) is 6.10 Å². The van der Waals surface area contributed by atoms with Gasteiger partial charge in [0, 0.05) is 10.5 Å². The predicted molar refractivity (Wildman–Crippen MR) is 83.2 cm³/mol. The van der Waals surface area contributed by atoms with Gasteiger partial charge in [0.2, 0.25) is 0 Å². The molecule has 0 amide bonds. The molecule has 1 unspecified atom stereocenters. The van der Waals surface area contributed by atoms with Gasteiger partial charge in [-0.25, -0.2) is 4.79 Å². The molecule has 0 spiro atoms. The molecule has 1 atom stereocenters. The Morgan fingerprint density at radius 1 is 1.10 bits per heavy atom. The van der Waals surface area contributed by atoms with Gasteiger partial charge in [-0.05, 0) is 24.6 Å². The molecular weight excluding hydrogens is 268 g/mol. The first-order valence-corrected chi connectivity index (χ1v) is 7.21. The summed E-state index contributed by atoms with van der Waals surface area (Å²) >= 11 is 4.45. The van der Waals surface area contributed by atoms with Crippen LogP contribution in [0.25, 0.3) is 0 Å². The van der Waals surface area contributed by atoms with Gasteiger partial charge >= 0.3 is 5.97 Å². The van der Waals surface area contributed by atoms with Gasteiger partial charge in [0.05, 0.1) is 5.56 Å². The first kappa shape index (κ1) is 14.7. The van der Waals surface area contributed by atoms with Crippen molar-refractivity contribution in [1.82, 2.24) is 0 Å². The number of carbonyl (C=O) groups excluding carboxylic acids is 1. The maximum absolute atomic E-state index is 12.2. The molecule has 0 bridgehead atoms. The van der Waals surface area contributed by atoms with Crippen LogP contribution in [-0.4, -0.2) is 5.97 Å². The Morgan fingerprint density at radius 2 is 1.75 bits per heavy atom. The van der Waals surface area contributed by atoms with E-state index in [1.807, 2.05) is 42.5 Å². The van der Waals surface area contributed by atoms with E-state index >= 15 is 0 Å². The molecule has 104 valence electrons. The van der Waals surface area contributed by atoms with Crippen molar-refractivity contribution < 1.29 is 9.53 Å². The number of ether oxygens (including phenoxy) is 1. The van der Waals surface area contributed by atoms with Crippen molar-refractivity contribution in [2.24, 2.45) is 0 Å². The van der Waals surface area contributed by atoms with Gasteiger partial charge < -0.3 is 4.74 Å². The molecule has 2 aromatic carbocycles. The summed E-state index contributed by atoms with van der Waals surface area (Å²) in [7, 11) is 0. The van der Waals surface area contributed by atoms with Crippen LogP contribution in [-0.2, 0) is 4.74 Å². The summed E-state index contributed by atoms with van der Waals surface area (Å²) < 4.78 is 5.66. The third kappa shape index (κ3) is 3.64. The fourth-order valence-corrected chi connectivity index (χ4v) is 2.38. The lowest BCUT2D eigenvalue weighted by atomic mass is 10.0. The van der Waals surface area contributed by atoms with Crippen molar-refractivity contribution in [3.8, 4) is 0 Å². The first-order chi connectivity index (χ1) is 9.72. The average molecular weight is 286 g/mol. The molecule has 2 aromatic rings. The molecule has 2 nitrogen and oxygen atoms in total. The molecule has 0 fully saturated rings. The van der Waals surface area contributed by atoms with Gasteiger partial charge in [0.15, 0.2) is 0 Å². The molecular formula is C17H18O2S. The standard InChI is InChI=1S/C17H18O2S/c1-2-8-15(14-11-6-7-12-16(14)20)19-17(18)13-9-4-3-5-10-13/h3-7,9-12,15,20H,2,8H2,1H3. The largest absolute Gasteiger partial charge is 0.454 e. The highest BCUT2D eigenvalue weighted by atomic mass is 32.1. The minimum atomic E-state index is -0.291. The fourth-order valence-electron chi connectivity index (χ4n) is 2.07. The quantitative estimate of drug-likeness (QED) is 0.638. The van der Waals surface area contributed by atoms with Crippen LogP contribution < -0.4 is 0 Å². The lowest BCUT2D eigenvalue weighted by molar-refractivity contribution is 0.0269. The third-order valence-corrected chi connectivity index (χ3v) is 3.50. The molecule has 3 heteroatoms. The second kappa shape index (κ2) is 7.15. The minimum Gasteiger partial charge on any atom is -0.454 e. The molecule has 2 rings (SSSR count). The van der Waals surface area contributed by atoms with E-state index in [0.717, 1.165) is 23.3 Å². The topological polar surface area (TPSA) is 26.3 Å². The molecule has 0 aliphatic carbocycles. The summed E-state index contributed by atoms with van der Waals surface area (Å²) in [6.07, 6.45) is 1.48. The van der Waals surface area contributed by atoms with E-state index in [1.54, 1.807) is 12.1 Å². The van der Waals surface area contributed by atoms with Gasteiger partial charge in [-0.3, -0.25) is 0 Å². The molecule has 0 radical (unpaired) electrons. The minimum absolute atomic E-state index is 0.249. The van der Waals surface area contributed by atoms with Crippen LogP contribution >= 0.6 is 12.6 Å². The molecule has 0 saturated heterocycles. The summed E-state index contributed by atoms with van der Waals surface area (Å²) in [5.74, 6) is -0.291. The highest BCUT2D eigenvalue weighted by Gasteiger charge is 2.18. The highest BCUT2D eigenvalue weighted by Crippen LogP contribution is 2.28. The summed E-state index contributed by atoms with van der Waals surface area (Å²) in [5.41, 5.74) is 1.53. The maximum atomic E-state index is 12.2. The Hall–Kier alpha value is -1.74. The third-order valence-electron chi connectivity index (χ3n) is 3.09. The normalized spacial score (nSPS) is 11.9.